The Morgan fingerprint density at radius 1 is 1.62 bits per heavy atom. The van der Waals surface area contributed by atoms with E-state index < -0.39 is 0 Å². The highest BCUT2D eigenvalue weighted by molar-refractivity contribution is 6.45. The number of amides is 1. The highest BCUT2D eigenvalue weighted by Crippen LogP contribution is 2.02. The van der Waals surface area contributed by atoms with E-state index in [-0.39, 0.29) is 13.4 Å². The largest absolute Gasteiger partial charge is 0.449 e. The number of benzene rings is 1. The van der Waals surface area contributed by atoms with Crippen LogP contribution in [0, 0.1) is 0 Å². The van der Waals surface area contributed by atoms with Crippen molar-refractivity contribution in [3.05, 3.63) is 36.9 Å². The molecule has 0 heterocycles. The van der Waals surface area contributed by atoms with Crippen LogP contribution in [0.4, 0.5) is 5.69 Å². The maximum Gasteiger partial charge on any atom is 0.304 e. The molecule has 4 heteroatoms. The van der Waals surface area contributed by atoms with E-state index in [9.17, 15) is 4.79 Å². The van der Waals surface area contributed by atoms with E-state index in [2.05, 4.69) is 11.9 Å². The Morgan fingerprint density at radius 3 is 3.00 bits per heavy atom. The number of nitrogens with one attached hydrogen (secondary N) is 1. The van der Waals surface area contributed by atoms with Crippen LogP contribution in [0.25, 0.3) is 0 Å². The molecule has 3 nitrogen and oxygen atoms in total. The van der Waals surface area contributed by atoms with Gasteiger partial charge in [0.25, 0.3) is 0 Å². The number of hydrogen-bond donors (Lipinski definition) is 2. The highest BCUT2D eigenvalue weighted by Gasteiger charge is 1.98. The van der Waals surface area contributed by atoms with Gasteiger partial charge in [-0.3, -0.25) is 4.79 Å². The Bertz CT molecular complexity index is 325. The van der Waals surface area contributed by atoms with Crippen molar-refractivity contribution in [2.45, 2.75) is 0 Å². The molecule has 0 saturated heterocycles. The minimum Gasteiger partial charge on any atom is -0.449 e. The van der Waals surface area contributed by atoms with Crippen LogP contribution in [-0.2, 0) is 4.79 Å². The van der Waals surface area contributed by atoms with Crippen LogP contribution in [0.2, 0.25) is 0 Å². The lowest BCUT2D eigenvalue weighted by molar-refractivity contribution is -0.111. The second kappa shape index (κ2) is 4.47. The molecule has 0 aliphatic carbocycles. The molecule has 0 saturated carbocycles. The topological polar surface area (TPSA) is 49.3 Å². The smallest absolute Gasteiger partial charge is 0.304 e. The summed E-state index contributed by atoms with van der Waals surface area (Å²) in [5, 5.41) is 11.4. The molecule has 0 radical (unpaired) electrons. The summed E-state index contributed by atoms with van der Waals surface area (Å²) in [4.78, 5) is 10.9. The first-order chi connectivity index (χ1) is 6.26. The Balaban J connectivity index is 2.77. The molecule has 13 heavy (non-hydrogen) atoms. The van der Waals surface area contributed by atoms with Gasteiger partial charge in [0.05, 0.1) is 0 Å². The van der Waals surface area contributed by atoms with E-state index in [4.69, 9.17) is 5.02 Å². The van der Waals surface area contributed by atoms with Crippen LogP contribution >= 0.6 is 0 Å². The first-order valence-electron chi connectivity index (χ1n) is 3.89. The lowest BCUT2D eigenvalue weighted by Gasteiger charge is -2.02. The number of carbonyl (C=O) groups excluding carboxylic acids is 1. The van der Waals surface area contributed by atoms with E-state index >= 15 is 0 Å². The maximum atomic E-state index is 10.9. The standard InChI is InChI=1S/C9H10BNO2/c1-2-9(12)11-8-5-3-4-7(6-8)10-13/h2-6,10,13H,1H2,(H,11,12). The summed E-state index contributed by atoms with van der Waals surface area (Å²) in [6, 6.07) is 7.01. The zero-order valence-electron chi connectivity index (χ0n) is 7.16. The van der Waals surface area contributed by atoms with Crippen molar-refractivity contribution in [2.24, 2.45) is 0 Å². The van der Waals surface area contributed by atoms with Gasteiger partial charge in [-0.15, -0.1) is 0 Å². The van der Waals surface area contributed by atoms with Gasteiger partial charge >= 0.3 is 7.48 Å². The molecule has 0 spiro atoms. The summed E-state index contributed by atoms with van der Waals surface area (Å²) in [6.45, 7) is 3.34. The third-order valence-electron chi connectivity index (χ3n) is 1.56. The van der Waals surface area contributed by atoms with Crippen LogP contribution in [0.5, 0.6) is 0 Å². The van der Waals surface area contributed by atoms with Crippen molar-refractivity contribution in [2.75, 3.05) is 5.32 Å². The second-order valence-electron chi connectivity index (χ2n) is 2.55. The Kier molecular flexibility index (Phi) is 3.28. The summed E-state index contributed by atoms with van der Waals surface area (Å²) in [6.07, 6.45) is 1.20. The molecule has 0 aliphatic rings. The molecule has 0 aliphatic heterocycles. The zero-order valence-corrected chi connectivity index (χ0v) is 7.16. The molecule has 1 aromatic carbocycles. The summed E-state index contributed by atoms with van der Waals surface area (Å²) >= 11 is 0. The second-order valence-corrected chi connectivity index (χ2v) is 2.55. The van der Waals surface area contributed by atoms with E-state index in [0.717, 1.165) is 5.46 Å². The average molecular weight is 175 g/mol. The van der Waals surface area contributed by atoms with Crippen LogP contribution < -0.4 is 10.8 Å². The normalized spacial score (nSPS) is 9.00. The predicted molar refractivity (Wildman–Crippen MR) is 54.3 cm³/mol. The molecule has 1 aromatic rings. The van der Waals surface area contributed by atoms with E-state index in [1.807, 2.05) is 0 Å². The SMILES string of the molecule is C=CC(=O)Nc1cccc(BO)c1. The molecule has 0 fully saturated rings. The van der Waals surface area contributed by atoms with Crippen molar-refractivity contribution in [3.63, 3.8) is 0 Å². The summed E-state index contributed by atoms with van der Waals surface area (Å²) in [7, 11) is -0.0300. The third-order valence-corrected chi connectivity index (χ3v) is 1.56. The van der Waals surface area contributed by atoms with Gasteiger partial charge in [0.2, 0.25) is 5.91 Å². The van der Waals surface area contributed by atoms with Crippen molar-refractivity contribution in [1.82, 2.24) is 0 Å². The number of hydrogen-bond acceptors (Lipinski definition) is 2. The molecule has 1 rings (SSSR count). The Morgan fingerprint density at radius 2 is 2.38 bits per heavy atom. The van der Waals surface area contributed by atoms with E-state index in [1.165, 1.54) is 6.08 Å². The maximum absolute atomic E-state index is 10.9. The van der Waals surface area contributed by atoms with Crippen LogP contribution in [0.3, 0.4) is 0 Å². The van der Waals surface area contributed by atoms with Crippen molar-refractivity contribution < 1.29 is 9.82 Å². The van der Waals surface area contributed by atoms with Gasteiger partial charge in [-0.05, 0) is 18.2 Å². The molecule has 0 aromatic heterocycles. The average Bonchev–Trinajstić information content (AvgIpc) is 2.18. The number of rotatable bonds is 3. The van der Waals surface area contributed by atoms with Gasteiger partial charge in [-0.2, -0.15) is 0 Å². The van der Waals surface area contributed by atoms with Gasteiger partial charge in [0.15, 0.2) is 0 Å². The van der Waals surface area contributed by atoms with Crippen molar-refractivity contribution in [1.29, 1.82) is 0 Å². The lowest BCUT2D eigenvalue weighted by atomic mass is 9.89. The van der Waals surface area contributed by atoms with E-state index in [1.54, 1.807) is 24.3 Å². The number of anilines is 1. The van der Waals surface area contributed by atoms with Gasteiger partial charge in [-0.1, -0.05) is 24.2 Å². The molecular weight excluding hydrogens is 165 g/mol. The summed E-state index contributed by atoms with van der Waals surface area (Å²) in [5.74, 6) is -0.255. The Hall–Kier alpha value is -1.55. The van der Waals surface area contributed by atoms with Crippen LogP contribution in [0.1, 0.15) is 0 Å². The molecule has 0 atom stereocenters. The van der Waals surface area contributed by atoms with Crippen LogP contribution in [0.15, 0.2) is 36.9 Å². The molecule has 0 bridgehead atoms. The minimum atomic E-state index is -0.255. The minimum absolute atomic E-state index is 0.0300. The molecular formula is C9H10BNO2. The van der Waals surface area contributed by atoms with Crippen molar-refractivity contribution in [3.8, 4) is 0 Å². The molecule has 0 unspecified atom stereocenters. The van der Waals surface area contributed by atoms with E-state index in [0.29, 0.717) is 5.69 Å². The van der Waals surface area contributed by atoms with Gasteiger partial charge in [0.1, 0.15) is 0 Å². The van der Waals surface area contributed by atoms with Crippen molar-refractivity contribution >= 4 is 24.5 Å². The van der Waals surface area contributed by atoms with Gasteiger partial charge in [0, 0.05) is 5.69 Å². The van der Waals surface area contributed by atoms with Crippen LogP contribution in [-0.4, -0.2) is 18.4 Å². The fraction of sp³-hybridized carbons (Fsp3) is 0. The highest BCUT2D eigenvalue weighted by atomic mass is 16.2. The molecule has 66 valence electrons. The first kappa shape index (κ1) is 9.54. The lowest BCUT2D eigenvalue weighted by Crippen LogP contribution is -2.15. The molecule has 1 amide bonds. The summed E-state index contributed by atoms with van der Waals surface area (Å²) in [5.41, 5.74) is 1.43. The fourth-order valence-corrected chi connectivity index (χ4v) is 0.941. The molecule has 2 N–H and O–H groups in total. The first-order valence-corrected chi connectivity index (χ1v) is 3.89. The predicted octanol–water partition coefficient (Wildman–Crippen LogP) is -0.220. The van der Waals surface area contributed by atoms with Gasteiger partial charge < -0.3 is 10.3 Å². The Labute approximate surface area is 77.4 Å². The third kappa shape index (κ3) is 2.76. The zero-order chi connectivity index (χ0) is 9.68. The fourth-order valence-electron chi connectivity index (χ4n) is 0.941. The summed E-state index contributed by atoms with van der Waals surface area (Å²) < 4.78 is 0. The van der Waals surface area contributed by atoms with Gasteiger partial charge in [-0.25, -0.2) is 0 Å². The quantitative estimate of drug-likeness (QED) is 0.492. The monoisotopic (exact) mass is 175 g/mol. The number of carbonyl (C=O) groups is 1.